The van der Waals surface area contributed by atoms with Gasteiger partial charge < -0.3 is 0 Å². The van der Waals surface area contributed by atoms with E-state index in [0.717, 1.165) is 0 Å². The summed E-state index contributed by atoms with van der Waals surface area (Å²) in [7, 11) is 0. The van der Waals surface area contributed by atoms with Crippen molar-refractivity contribution in [1.82, 2.24) is 9.97 Å². The standard InChI is InChI=1S/C13F12N2/c14-4-1-2-8(11(18,19)3(1)5(15)7(17)6(4)16)26-10(13(23,24)25)27-9(2)12(20,21)22. The van der Waals surface area contributed by atoms with E-state index in [0.29, 0.717) is 0 Å². The van der Waals surface area contributed by atoms with E-state index in [1.165, 1.54) is 0 Å². The lowest BCUT2D eigenvalue weighted by molar-refractivity contribution is -0.152. The normalized spacial score (nSPS) is 15.7. The maximum atomic E-state index is 14.3. The van der Waals surface area contributed by atoms with E-state index in [1.807, 2.05) is 0 Å². The highest BCUT2D eigenvalue weighted by molar-refractivity contribution is 5.81. The molecule has 0 aliphatic heterocycles. The highest BCUT2D eigenvalue weighted by Gasteiger charge is 2.57. The molecule has 1 aliphatic carbocycles. The van der Waals surface area contributed by atoms with Crippen LogP contribution in [0, 0.1) is 23.3 Å². The van der Waals surface area contributed by atoms with E-state index in [2.05, 4.69) is 9.97 Å². The molecular formula is C13F12N2. The molecule has 0 radical (unpaired) electrons. The number of nitrogens with zero attached hydrogens (tertiary/aromatic N) is 2. The van der Waals surface area contributed by atoms with Crippen molar-refractivity contribution in [3.8, 4) is 11.1 Å². The summed E-state index contributed by atoms with van der Waals surface area (Å²) in [5, 5.41) is 0. The van der Waals surface area contributed by atoms with Gasteiger partial charge in [0.1, 0.15) is 5.69 Å². The van der Waals surface area contributed by atoms with Crippen molar-refractivity contribution in [1.29, 1.82) is 0 Å². The smallest absolute Gasteiger partial charge is 0.222 e. The Balaban J connectivity index is 2.57. The predicted molar refractivity (Wildman–Crippen MR) is 60.3 cm³/mol. The third-order valence-electron chi connectivity index (χ3n) is 3.56. The Morgan fingerprint density at radius 2 is 1.15 bits per heavy atom. The van der Waals surface area contributed by atoms with Crippen molar-refractivity contribution in [3.63, 3.8) is 0 Å². The van der Waals surface area contributed by atoms with Crippen LogP contribution in [-0.2, 0) is 18.3 Å². The fourth-order valence-corrected chi connectivity index (χ4v) is 2.54. The molecule has 27 heavy (non-hydrogen) atoms. The average molecular weight is 412 g/mol. The van der Waals surface area contributed by atoms with E-state index < -0.39 is 75.4 Å². The van der Waals surface area contributed by atoms with Gasteiger partial charge in [0.25, 0.3) is 0 Å². The molecule has 0 fully saturated rings. The second kappa shape index (κ2) is 5.25. The van der Waals surface area contributed by atoms with Gasteiger partial charge in [0, 0.05) is 11.1 Å². The summed E-state index contributed by atoms with van der Waals surface area (Å²) in [4.78, 5) is 4.32. The highest BCUT2D eigenvalue weighted by Crippen LogP contribution is 2.56. The number of fused-ring (bicyclic) bond motifs is 3. The van der Waals surface area contributed by atoms with Crippen LogP contribution >= 0.6 is 0 Å². The molecule has 0 amide bonds. The average Bonchev–Trinajstić information content (AvgIpc) is 2.76. The molecule has 1 aromatic heterocycles. The van der Waals surface area contributed by atoms with E-state index in [9.17, 15) is 52.7 Å². The summed E-state index contributed by atoms with van der Waals surface area (Å²) in [6.45, 7) is 0. The molecule has 0 atom stereocenters. The largest absolute Gasteiger partial charge is 0.451 e. The summed E-state index contributed by atoms with van der Waals surface area (Å²) < 4.78 is 160. The van der Waals surface area contributed by atoms with Crippen molar-refractivity contribution >= 4 is 0 Å². The van der Waals surface area contributed by atoms with Gasteiger partial charge in [-0.25, -0.2) is 27.5 Å². The Morgan fingerprint density at radius 1 is 0.630 bits per heavy atom. The summed E-state index contributed by atoms with van der Waals surface area (Å²) in [5.41, 5.74) is -11.7. The quantitative estimate of drug-likeness (QED) is 0.338. The van der Waals surface area contributed by atoms with Gasteiger partial charge in [0.2, 0.25) is 5.82 Å². The third kappa shape index (κ3) is 2.52. The lowest BCUT2D eigenvalue weighted by atomic mass is 10.0. The van der Waals surface area contributed by atoms with Crippen molar-refractivity contribution in [2.45, 2.75) is 18.3 Å². The molecule has 2 nitrogen and oxygen atoms in total. The Labute approximate surface area is 139 Å². The van der Waals surface area contributed by atoms with Crippen LogP contribution in [0.1, 0.15) is 22.8 Å². The zero-order valence-electron chi connectivity index (χ0n) is 11.9. The van der Waals surface area contributed by atoms with Crippen LogP contribution < -0.4 is 0 Å². The van der Waals surface area contributed by atoms with Gasteiger partial charge >= 0.3 is 18.3 Å². The van der Waals surface area contributed by atoms with E-state index >= 15 is 0 Å². The topological polar surface area (TPSA) is 25.8 Å². The minimum atomic E-state index is -5.88. The van der Waals surface area contributed by atoms with E-state index in [-0.39, 0.29) is 0 Å². The number of halogens is 12. The zero-order chi connectivity index (χ0) is 20.7. The molecule has 0 unspecified atom stereocenters. The lowest BCUT2D eigenvalue weighted by Gasteiger charge is -2.16. The second-order valence-corrected chi connectivity index (χ2v) is 5.20. The van der Waals surface area contributed by atoms with Crippen LogP contribution in [0.15, 0.2) is 0 Å². The molecular weight excluding hydrogens is 412 g/mol. The van der Waals surface area contributed by atoms with Gasteiger partial charge in [-0.1, -0.05) is 0 Å². The summed E-state index contributed by atoms with van der Waals surface area (Å²) >= 11 is 0. The molecule has 14 heteroatoms. The zero-order valence-corrected chi connectivity index (χ0v) is 11.9. The first-order chi connectivity index (χ1) is 12.1. The fourth-order valence-electron chi connectivity index (χ4n) is 2.54. The Kier molecular flexibility index (Phi) is 3.74. The molecule has 146 valence electrons. The first-order valence-electron chi connectivity index (χ1n) is 6.41. The summed E-state index contributed by atoms with van der Waals surface area (Å²) in [6.07, 6.45) is -11.6. The minimum Gasteiger partial charge on any atom is -0.222 e. The number of alkyl halides is 8. The van der Waals surface area contributed by atoms with E-state index in [4.69, 9.17) is 0 Å². The van der Waals surface area contributed by atoms with Crippen LogP contribution in [-0.4, -0.2) is 9.97 Å². The Bertz CT molecular complexity index is 973. The van der Waals surface area contributed by atoms with Gasteiger partial charge in [-0.3, -0.25) is 0 Å². The molecule has 1 heterocycles. The third-order valence-corrected chi connectivity index (χ3v) is 3.56. The van der Waals surface area contributed by atoms with Gasteiger partial charge in [0.05, 0.1) is 5.56 Å². The van der Waals surface area contributed by atoms with Gasteiger partial charge in [-0.2, -0.15) is 35.1 Å². The van der Waals surface area contributed by atoms with Crippen molar-refractivity contribution < 1.29 is 52.7 Å². The number of hydrogen-bond acceptors (Lipinski definition) is 2. The molecule has 2 aromatic rings. The first kappa shape index (κ1) is 19.2. The lowest BCUT2D eigenvalue weighted by Crippen LogP contribution is -2.23. The molecule has 0 saturated carbocycles. The van der Waals surface area contributed by atoms with Crippen molar-refractivity contribution in [3.05, 3.63) is 46.0 Å². The molecule has 1 aromatic carbocycles. The van der Waals surface area contributed by atoms with Gasteiger partial charge in [-0.15, -0.1) is 0 Å². The van der Waals surface area contributed by atoms with Gasteiger partial charge in [-0.05, 0) is 0 Å². The number of aromatic nitrogens is 2. The van der Waals surface area contributed by atoms with E-state index in [1.54, 1.807) is 0 Å². The van der Waals surface area contributed by atoms with Crippen LogP contribution in [0.2, 0.25) is 0 Å². The summed E-state index contributed by atoms with van der Waals surface area (Å²) in [6, 6.07) is 0. The van der Waals surface area contributed by atoms with Gasteiger partial charge in [0.15, 0.2) is 29.0 Å². The molecule has 1 aliphatic rings. The minimum absolute atomic E-state index is 2.07. The predicted octanol–water partition coefficient (Wildman–Crippen LogP) is 5.19. The highest BCUT2D eigenvalue weighted by atomic mass is 19.4. The van der Waals surface area contributed by atoms with Crippen molar-refractivity contribution in [2.75, 3.05) is 0 Å². The second-order valence-electron chi connectivity index (χ2n) is 5.20. The molecule has 0 saturated heterocycles. The van der Waals surface area contributed by atoms with Crippen LogP contribution in [0.4, 0.5) is 52.7 Å². The van der Waals surface area contributed by atoms with Crippen LogP contribution in [0.3, 0.4) is 0 Å². The molecule has 0 bridgehead atoms. The van der Waals surface area contributed by atoms with Crippen LogP contribution in [0.25, 0.3) is 11.1 Å². The monoisotopic (exact) mass is 412 g/mol. The molecule has 0 N–H and O–H groups in total. The number of rotatable bonds is 0. The maximum absolute atomic E-state index is 14.3. The Morgan fingerprint density at radius 3 is 1.63 bits per heavy atom. The first-order valence-corrected chi connectivity index (χ1v) is 6.41. The van der Waals surface area contributed by atoms with Crippen LogP contribution in [0.5, 0.6) is 0 Å². The van der Waals surface area contributed by atoms with Crippen molar-refractivity contribution in [2.24, 2.45) is 0 Å². The SMILES string of the molecule is Fc1c(F)c(F)c2c(c1F)-c1c(C(F)(F)F)nc(C(F)(F)F)nc1C2(F)F. The fraction of sp³-hybridized carbons (Fsp3) is 0.231. The molecule has 0 spiro atoms. The maximum Gasteiger partial charge on any atom is 0.451 e. The number of hydrogen-bond donors (Lipinski definition) is 0. The molecule has 3 rings (SSSR count). The number of benzene rings is 1. The summed E-state index contributed by atoms with van der Waals surface area (Å²) in [5.74, 6) is -18.8. The Hall–Kier alpha value is -2.54.